The third-order valence-electron chi connectivity index (χ3n) is 4.40. The molecular weight excluding hydrogens is 300 g/mol. The molecule has 2 heterocycles. The van der Waals surface area contributed by atoms with Gasteiger partial charge in [-0.25, -0.2) is 0 Å². The van der Waals surface area contributed by atoms with Gasteiger partial charge in [0.05, 0.1) is 24.1 Å². The highest BCUT2D eigenvalue weighted by molar-refractivity contribution is 5.94. The van der Waals surface area contributed by atoms with Crippen molar-refractivity contribution >= 4 is 5.91 Å². The molecule has 126 valence electrons. The Morgan fingerprint density at radius 1 is 1.25 bits per heavy atom. The van der Waals surface area contributed by atoms with Crippen LogP contribution in [-0.2, 0) is 13.0 Å². The lowest BCUT2D eigenvalue weighted by molar-refractivity contribution is 0.0950. The van der Waals surface area contributed by atoms with Crippen molar-refractivity contribution in [2.75, 3.05) is 13.1 Å². The summed E-state index contributed by atoms with van der Waals surface area (Å²) in [6.45, 7) is 4.52. The third kappa shape index (κ3) is 4.61. The maximum atomic E-state index is 12.2. The van der Waals surface area contributed by atoms with E-state index in [4.69, 9.17) is 0 Å². The first-order valence-corrected chi connectivity index (χ1v) is 8.56. The molecule has 0 saturated carbocycles. The van der Waals surface area contributed by atoms with Crippen molar-refractivity contribution in [3.63, 3.8) is 0 Å². The summed E-state index contributed by atoms with van der Waals surface area (Å²) in [6, 6.07) is 7.94. The highest BCUT2D eigenvalue weighted by Gasteiger charge is 2.13. The van der Waals surface area contributed by atoms with Gasteiger partial charge in [-0.3, -0.25) is 14.8 Å². The van der Waals surface area contributed by atoms with Crippen molar-refractivity contribution in [2.24, 2.45) is 5.92 Å². The molecule has 0 aliphatic carbocycles. The number of piperidine rings is 1. The van der Waals surface area contributed by atoms with E-state index in [0.29, 0.717) is 18.0 Å². The average molecular weight is 324 g/mol. The molecule has 24 heavy (non-hydrogen) atoms. The monoisotopic (exact) mass is 324 g/mol. The van der Waals surface area contributed by atoms with E-state index >= 15 is 0 Å². The number of hydrogen-bond donors (Lipinski definition) is 2. The maximum Gasteiger partial charge on any atom is 0.251 e. The van der Waals surface area contributed by atoms with E-state index < -0.39 is 0 Å². The standard InChI is InChI=1S/C19H24N4O/c1-14-10-22-18(12-21-14)13-23-19(24)17-6-4-15(5-7-17)9-16-3-2-8-20-11-16/h4-7,10,12,16,20H,2-3,8-9,11,13H2,1H3,(H,23,24). The number of benzene rings is 1. The first-order valence-electron chi connectivity index (χ1n) is 8.56. The van der Waals surface area contributed by atoms with Gasteiger partial charge in [-0.05, 0) is 62.9 Å². The topological polar surface area (TPSA) is 66.9 Å². The third-order valence-corrected chi connectivity index (χ3v) is 4.40. The quantitative estimate of drug-likeness (QED) is 0.885. The summed E-state index contributed by atoms with van der Waals surface area (Å²) in [7, 11) is 0. The Bertz CT molecular complexity index is 661. The normalized spacial score (nSPS) is 17.5. The SMILES string of the molecule is Cc1cnc(CNC(=O)c2ccc(CC3CCCNC3)cc2)cn1. The van der Waals surface area contributed by atoms with Gasteiger partial charge in [0.1, 0.15) is 0 Å². The largest absolute Gasteiger partial charge is 0.346 e. The number of nitrogens with one attached hydrogen (secondary N) is 2. The highest BCUT2D eigenvalue weighted by Crippen LogP contribution is 2.17. The maximum absolute atomic E-state index is 12.2. The number of amides is 1. The molecular formula is C19H24N4O. The van der Waals surface area contributed by atoms with E-state index in [1.807, 2.05) is 19.1 Å². The Morgan fingerprint density at radius 2 is 2.08 bits per heavy atom. The van der Waals surface area contributed by atoms with Gasteiger partial charge in [0.15, 0.2) is 0 Å². The van der Waals surface area contributed by atoms with Crippen molar-refractivity contribution in [3.05, 3.63) is 59.2 Å². The molecule has 1 aliphatic rings. The molecule has 1 atom stereocenters. The zero-order valence-corrected chi connectivity index (χ0v) is 14.1. The van der Waals surface area contributed by atoms with Crippen LogP contribution >= 0.6 is 0 Å². The van der Waals surface area contributed by atoms with Crippen molar-refractivity contribution in [1.82, 2.24) is 20.6 Å². The fourth-order valence-corrected chi connectivity index (χ4v) is 3.01. The van der Waals surface area contributed by atoms with Gasteiger partial charge >= 0.3 is 0 Å². The van der Waals surface area contributed by atoms with Gasteiger partial charge in [-0.2, -0.15) is 0 Å². The summed E-state index contributed by atoms with van der Waals surface area (Å²) in [5.74, 6) is 0.627. The summed E-state index contributed by atoms with van der Waals surface area (Å²) < 4.78 is 0. The first-order chi connectivity index (χ1) is 11.7. The number of hydrogen-bond acceptors (Lipinski definition) is 4. The van der Waals surface area contributed by atoms with E-state index in [1.165, 1.54) is 18.4 Å². The number of nitrogens with zero attached hydrogens (tertiary/aromatic N) is 2. The minimum Gasteiger partial charge on any atom is -0.346 e. The summed E-state index contributed by atoms with van der Waals surface area (Å²) in [4.78, 5) is 20.6. The Balaban J connectivity index is 1.52. The number of aromatic nitrogens is 2. The van der Waals surface area contributed by atoms with E-state index in [1.54, 1.807) is 12.4 Å². The average Bonchev–Trinajstić information content (AvgIpc) is 2.62. The summed E-state index contributed by atoms with van der Waals surface area (Å²) in [5.41, 5.74) is 3.61. The second-order valence-corrected chi connectivity index (χ2v) is 6.45. The molecule has 1 aromatic carbocycles. The van der Waals surface area contributed by atoms with Crippen LogP contribution < -0.4 is 10.6 Å². The van der Waals surface area contributed by atoms with Gasteiger partial charge in [-0.1, -0.05) is 12.1 Å². The molecule has 1 amide bonds. The Labute approximate surface area is 142 Å². The lowest BCUT2D eigenvalue weighted by Crippen LogP contribution is -2.30. The molecule has 2 aromatic rings. The summed E-state index contributed by atoms with van der Waals surface area (Å²) >= 11 is 0. The predicted octanol–water partition coefficient (Wildman–Crippen LogP) is 2.26. The van der Waals surface area contributed by atoms with E-state index in [2.05, 4.69) is 32.7 Å². The van der Waals surface area contributed by atoms with E-state index in [9.17, 15) is 4.79 Å². The zero-order chi connectivity index (χ0) is 16.8. The van der Waals surface area contributed by atoms with Crippen molar-refractivity contribution in [1.29, 1.82) is 0 Å². The Kier molecular flexibility index (Phi) is 5.54. The van der Waals surface area contributed by atoms with Crippen LogP contribution in [-0.4, -0.2) is 29.0 Å². The van der Waals surface area contributed by atoms with Crippen molar-refractivity contribution in [2.45, 2.75) is 32.7 Å². The van der Waals surface area contributed by atoms with Crippen molar-refractivity contribution in [3.8, 4) is 0 Å². The molecule has 1 saturated heterocycles. The Morgan fingerprint density at radius 3 is 2.75 bits per heavy atom. The number of rotatable bonds is 5. The molecule has 0 bridgehead atoms. The van der Waals surface area contributed by atoms with Gasteiger partial charge < -0.3 is 10.6 Å². The van der Waals surface area contributed by atoms with Crippen LogP contribution in [0, 0.1) is 12.8 Å². The van der Waals surface area contributed by atoms with Crippen LogP contribution in [0.15, 0.2) is 36.7 Å². The van der Waals surface area contributed by atoms with E-state index in [0.717, 1.165) is 30.9 Å². The van der Waals surface area contributed by atoms with Crippen LogP contribution in [0.2, 0.25) is 0 Å². The molecule has 2 N–H and O–H groups in total. The van der Waals surface area contributed by atoms with E-state index in [-0.39, 0.29) is 5.91 Å². The second kappa shape index (κ2) is 8.02. The highest BCUT2D eigenvalue weighted by atomic mass is 16.1. The van der Waals surface area contributed by atoms with Gasteiger partial charge in [-0.15, -0.1) is 0 Å². The number of carbonyl (C=O) groups excluding carboxylic acids is 1. The Hall–Kier alpha value is -2.27. The van der Waals surface area contributed by atoms with Gasteiger partial charge in [0.25, 0.3) is 5.91 Å². The molecule has 5 nitrogen and oxygen atoms in total. The zero-order valence-electron chi connectivity index (χ0n) is 14.1. The predicted molar refractivity (Wildman–Crippen MR) is 93.7 cm³/mol. The smallest absolute Gasteiger partial charge is 0.251 e. The fourth-order valence-electron chi connectivity index (χ4n) is 3.01. The molecule has 1 unspecified atom stereocenters. The molecule has 1 aromatic heterocycles. The molecule has 3 rings (SSSR count). The minimum atomic E-state index is -0.0803. The minimum absolute atomic E-state index is 0.0803. The van der Waals surface area contributed by atoms with Crippen LogP contribution in [0.1, 0.15) is 40.2 Å². The fraction of sp³-hybridized carbons (Fsp3) is 0.421. The molecule has 1 aliphatic heterocycles. The lowest BCUT2D eigenvalue weighted by Gasteiger charge is -2.22. The molecule has 5 heteroatoms. The molecule has 1 fully saturated rings. The van der Waals surface area contributed by atoms with Crippen LogP contribution in [0.5, 0.6) is 0 Å². The molecule has 0 radical (unpaired) electrons. The number of carbonyl (C=O) groups is 1. The first kappa shape index (κ1) is 16.6. The summed E-state index contributed by atoms with van der Waals surface area (Å²) in [5, 5.41) is 6.33. The van der Waals surface area contributed by atoms with Gasteiger partial charge in [0, 0.05) is 11.8 Å². The molecule has 0 spiro atoms. The van der Waals surface area contributed by atoms with Crippen LogP contribution in [0.3, 0.4) is 0 Å². The lowest BCUT2D eigenvalue weighted by atomic mass is 9.92. The van der Waals surface area contributed by atoms with Gasteiger partial charge in [0.2, 0.25) is 0 Å². The van der Waals surface area contributed by atoms with Crippen LogP contribution in [0.25, 0.3) is 0 Å². The van der Waals surface area contributed by atoms with Crippen LogP contribution in [0.4, 0.5) is 0 Å². The second-order valence-electron chi connectivity index (χ2n) is 6.45. The number of aryl methyl sites for hydroxylation is 1. The van der Waals surface area contributed by atoms with Crippen molar-refractivity contribution < 1.29 is 4.79 Å². The summed E-state index contributed by atoms with van der Waals surface area (Å²) in [6.07, 6.45) is 7.01.